The lowest BCUT2D eigenvalue weighted by Crippen LogP contribution is -2.12. The third kappa shape index (κ3) is 3.07. The molecular weight excluding hydrogens is 370 g/mol. The van der Waals surface area contributed by atoms with Crippen molar-refractivity contribution in [1.29, 1.82) is 5.26 Å². The summed E-state index contributed by atoms with van der Waals surface area (Å²) in [5.74, 6) is -0.275. The number of hydrogen-bond donors (Lipinski definition) is 0. The van der Waals surface area contributed by atoms with Crippen LogP contribution in [0.1, 0.15) is 29.3 Å². The number of carbonyl (C=O) groups excluding carboxylic acids is 1. The zero-order valence-electron chi connectivity index (χ0n) is 14.1. The Morgan fingerprint density at radius 2 is 2.00 bits per heavy atom. The van der Waals surface area contributed by atoms with E-state index in [9.17, 15) is 23.3 Å². The highest BCUT2D eigenvalue weighted by atomic mass is 32.2. The molecule has 0 saturated heterocycles. The van der Waals surface area contributed by atoms with Crippen LogP contribution in [0, 0.1) is 21.4 Å². The number of ketones is 1. The van der Waals surface area contributed by atoms with Gasteiger partial charge in [0.15, 0.2) is 5.78 Å². The number of Topliss-reactive ketones (excluding diaryl/α,β-unsaturated/α-hetero) is 1. The normalized spacial score (nSPS) is 11.3. The lowest BCUT2D eigenvalue weighted by atomic mass is 10.1. The zero-order valence-corrected chi connectivity index (χ0v) is 14.9. The summed E-state index contributed by atoms with van der Waals surface area (Å²) in [6.07, 6.45) is 1.36. The highest BCUT2D eigenvalue weighted by Gasteiger charge is 2.25. The van der Waals surface area contributed by atoms with E-state index >= 15 is 0 Å². The summed E-state index contributed by atoms with van der Waals surface area (Å²) in [6, 6.07) is 11.0. The van der Waals surface area contributed by atoms with Gasteiger partial charge in [-0.05, 0) is 24.3 Å². The lowest BCUT2D eigenvalue weighted by Gasteiger charge is -2.07. The van der Waals surface area contributed by atoms with Crippen molar-refractivity contribution in [2.45, 2.75) is 18.2 Å². The first kappa shape index (κ1) is 18.3. The van der Waals surface area contributed by atoms with Gasteiger partial charge in [-0.15, -0.1) is 0 Å². The maximum atomic E-state index is 13.1. The van der Waals surface area contributed by atoms with E-state index in [0.29, 0.717) is 5.39 Å². The Bertz CT molecular complexity index is 1240. The Hall–Kier alpha value is -3.51. The smallest absolute Gasteiger partial charge is 0.270 e. The maximum Gasteiger partial charge on any atom is 0.270 e. The molecule has 136 valence electrons. The van der Waals surface area contributed by atoms with Gasteiger partial charge in [0.2, 0.25) is 0 Å². The van der Waals surface area contributed by atoms with Gasteiger partial charge in [0, 0.05) is 35.7 Å². The molecule has 0 aliphatic carbocycles. The van der Waals surface area contributed by atoms with Crippen LogP contribution < -0.4 is 0 Å². The number of benzene rings is 2. The lowest BCUT2D eigenvalue weighted by molar-refractivity contribution is -0.385. The third-order valence-electron chi connectivity index (χ3n) is 4.11. The molecule has 0 amide bonds. The van der Waals surface area contributed by atoms with Crippen molar-refractivity contribution >= 4 is 32.4 Å². The van der Waals surface area contributed by atoms with Crippen molar-refractivity contribution in [3.8, 4) is 6.07 Å². The number of aromatic nitrogens is 1. The Morgan fingerprint density at radius 1 is 1.26 bits per heavy atom. The second-order valence-corrected chi connectivity index (χ2v) is 7.53. The molecule has 27 heavy (non-hydrogen) atoms. The standard InChI is InChI=1S/C18H13N3O5S/c1-2-18(22)16-11-20(17-7-6-12(10-19)8-15(16)17)27(25,26)14-5-3-4-13(9-14)21(23)24/h3-9,11H,2H2,1H3. The van der Waals surface area contributed by atoms with E-state index in [1.807, 2.05) is 6.07 Å². The van der Waals surface area contributed by atoms with E-state index < -0.39 is 14.9 Å². The van der Waals surface area contributed by atoms with Gasteiger partial charge >= 0.3 is 0 Å². The molecule has 0 radical (unpaired) electrons. The predicted molar refractivity (Wildman–Crippen MR) is 97.0 cm³/mol. The molecular formula is C18H13N3O5S. The van der Waals surface area contributed by atoms with E-state index in [0.717, 1.165) is 10.0 Å². The molecule has 1 heterocycles. The minimum atomic E-state index is -4.18. The minimum absolute atomic E-state index is 0.159. The number of nitrogens with zero attached hydrogens (tertiary/aromatic N) is 3. The number of fused-ring (bicyclic) bond motifs is 1. The molecule has 2 aromatic carbocycles. The molecule has 0 bridgehead atoms. The van der Waals surface area contributed by atoms with Gasteiger partial charge in [0.05, 0.1) is 27.0 Å². The van der Waals surface area contributed by atoms with Crippen molar-refractivity contribution in [3.05, 3.63) is 69.9 Å². The molecule has 0 fully saturated rings. The summed E-state index contributed by atoms with van der Waals surface area (Å²) in [6.45, 7) is 1.65. The second-order valence-electron chi connectivity index (χ2n) is 5.72. The summed E-state index contributed by atoms with van der Waals surface area (Å²) in [4.78, 5) is 22.3. The van der Waals surface area contributed by atoms with Crippen LogP contribution in [0.2, 0.25) is 0 Å². The van der Waals surface area contributed by atoms with Crippen LogP contribution in [0.4, 0.5) is 5.69 Å². The topological polar surface area (TPSA) is 123 Å². The summed E-state index contributed by atoms with van der Waals surface area (Å²) in [5, 5.41) is 20.4. The van der Waals surface area contributed by atoms with Crippen molar-refractivity contribution in [2.24, 2.45) is 0 Å². The van der Waals surface area contributed by atoms with Crippen molar-refractivity contribution in [2.75, 3.05) is 0 Å². The monoisotopic (exact) mass is 383 g/mol. The Balaban J connectivity index is 2.31. The molecule has 3 rings (SSSR count). The van der Waals surface area contributed by atoms with Crippen LogP contribution >= 0.6 is 0 Å². The van der Waals surface area contributed by atoms with Crippen LogP contribution in [-0.4, -0.2) is 23.1 Å². The quantitative estimate of drug-likeness (QED) is 0.378. The minimum Gasteiger partial charge on any atom is -0.294 e. The summed E-state index contributed by atoms with van der Waals surface area (Å²) in [5.41, 5.74) is 0.332. The molecule has 1 aromatic heterocycles. The number of nitro groups is 1. The largest absolute Gasteiger partial charge is 0.294 e. The highest BCUT2D eigenvalue weighted by molar-refractivity contribution is 7.90. The molecule has 0 aliphatic rings. The summed E-state index contributed by atoms with van der Waals surface area (Å²) < 4.78 is 27.1. The predicted octanol–water partition coefficient (Wildman–Crippen LogP) is 3.25. The van der Waals surface area contributed by atoms with Crippen LogP contribution in [0.5, 0.6) is 0 Å². The third-order valence-corrected chi connectivity index (χ3v) is 5.78. The second kappa shape index (κ2) is 6.66. The van der Waals surface area contributed by atoms with Crippen LogP contribution in [0.3, 0.4) is 0 Å². The van der Waals surface area contributed by atoms with Crippen LogP contribution in [0.25, 0.3) is 10.9 Å². The number of nitro benzene ring substituents is 1. The first-order valence-corrected chi connectivity index (χ1v) is 9.32. The molecule has 3 aromatic rings. The Labute approximate surface area is 154 Å². The van der Waals surface area contributed by atoms with E-state index in [4.69, 9.17) is 5.26 Å². The van der Waals surface area contributed by atoms with E-state index in [1.54, 1.807) is 6.92 Å². The summed E-state index contributed by atoms with van der Waals surface area (Å²) in [7, 11) is -4.18. The number of nitriles is 1. The Kier molecular flexibility index (Phi) is 4.51. The van der Waals surface area contributed by atoms with Gasteiger partial charge in [-0.1, -0.05) is 13.0 Å². The van der Waals surface area contributed by atoms with Crippen molar-refractivity contribution < 1.29 is 18.1 Å². The van der Waals surface area contributed by atoms with E-state index in [2.05, 4.69) is 0 Å². The Morgan fingerprint density at radius 3 is 2.63 bits per heavy atom. The van der Waals surface area contributed by atoms with Crippen molar-refractivity contribution in [1.82, 2.24) is 3.97 Å². The number of carbonyl (C=O) groups is 1. The number of hydrogen-bond acceptors (Lipinski definition) is 6. The van der Waals surface area contributed by atoms with Gasteiger partial charge in [0.1, 0.15) is 0 Å². The molecule has 0 aliphatic heterocycles. The van der Waals surface area contributed by atoms with Gasteiger partial charge in [-0.3, -0.25) is 14.9 Å². The highest BCUT2D eigenvalue weighted by Crippen LogP contribution is 2.29. The first-order chi connectivity index (χ1) is 12.8. The fourth-order valence-corrected chi connectivity index (χ4v) is 4.16. The number of rotatable bonds is 5. The van der Waals surface area contributed by atoms with Gasteiger partial charge in [-0.2, -0.15) is 5.26 Å². The SMILES string of the molecule is CCC(=O)c1cn(S(=O)(=O)c2cccc([N+](=O)[O-])c2)c2ccc(C#N)cc12. The van der Waals surface area contributed by atoms with Gasteiger partial charge in [-0.25, -0.2) is 12.4 Å². The van der Waals surface area contributed by atoms with Gasteiger partial charge < -0.3 is 0 Å². The molecule has 0 saturated carbocycles. The van der Waals surface area contributed by atoms with E-state index in [1.165, 1.54) is 42.6 Å². The molecule has 0 unspecified atom stereocenters. The maximum absolute atomic E-state index is 13.1. The van der Waals surface area contributed by atoms with Gasteiger partial charge in [0.25, 0.3) is 15.7 Å². The number of non-ortho nitro benzene ring substituents is 1. The van der Waals surface area contributed by atoms with E-state index in [-0.39, 0.29) is 39.4 Å². The summed E-state index contributed by atoms with van der Waals surface area (Å²) >= 11 is 0. The van der Waals surface area contributed by atoms with Crippen LogP contribution in [-0.2, 0) is 10.0 Å². The fourth-order valence-electron chi connectivity index (χ4n) is 2.75. The van der Waals surface area contributed by atoms with Crippen LogP contribution in [0.15, 0.2) is 53.6 Å². The molecule has 0 N–H and O–H groups in total. The van der Waals surface area contributed by atoms with Crippen molar-refractivity contribution in [3.63, 3.8) is 0 Å². The zero-order chi connectivity index (χ0) is 19.8. The first-order valence-electron chi connectivity index (χ1n) is 7.88. The molecule has 9 heteroatoms. The average Bonchev–Trinajstić information content (AvgIpc) is 3.06. The molecule has 0 atom stereocenters. The molecule has 8 nitrogen and oxygen atoms in total. The fraction of sp³-hybridized carbons (Fsp3) is 0.111. The molecule has 0 spiro atoms. The average molecular weight is 383 g/mol.